The van der Waals surface area contributed by atoms with Gasteiger partial charge in [0.1, 0.15) is 0 Å². The molecule has 0 N–H and O–H groups in total. The molecule has 6 aromatic carbocycles. The summed E-state index contributed by atoms with van der Waals surface area (Å²) in [4.78, 5) is 14.6. The van der Waals surface area contributed by atoms with Crippen molar-refractivity contribution in [3.05, 3.63) is 139 Å². The quantitative estimate of drug-likeness (QED) is 0.211. The molecule has 8 aromatic rings. The van der Waals surface area contributed by atoms with Crippen LogP contribution in [-0.2, 0) is 0 Å². The van der Waals surface area contributed by atoms with Crippen molar-refractivity contribution >= 4 is 32.3 Å². The molecule has 0 unspecified atom stereocenters. The van der Waals surface area contributed by atoms with Gasteiger partial charge in [-0.1, -0.05) is 84.9 Å². The third-order valence-corrected chi connectivity index (χ3v) is 7.98. The number of hydrogen-bond acceptors (Lipinski definition) is 4. The fourth-order valence-corrected chi connectivity index (χ4v) is 5.99. The van der Waals surface area contributed by atoms with Crippen LogP contribution in [0, 0.1) is 11.3 Å². The summed E-state index contributed by atoms with van der Waals surface area (Å²) in [5, 5.41) is 16.7. The molecule has 0 radical (unpaired) electrons. The fraction of sp³-hybridized carbons (Fsp3) is 0. The molecule has 0 aliphatic carbocycles. The van der Waals surface area contributed by atoms with Crippen LogP contribution >= 0.6 is 0 Å². The van der Waals surface area contributed by atoms with Gasteiger partial charge in [-0.05, 0) is 74.3 Å². The predicted molar refractivity (Wildman–Crippen MR) is 170 cm³/mol. The Labute approximate surface area is 242 Å². The standard InChI is InChI=1S/C38H22N4/c39-22-24-10-12-28(13-11-24)38-41-34(31-9-2-1-8-30(31)29-7-4-20-40-23-29)21-35(42-38)32-18-16-27-15-14-25-5-3-6-26-17-19-33(32)37(27)36(25)26/h1-21,23H. The van der Waals surface area contributed by atoms with E-state index in [1.165, 1.54) is 26.9 Å². The van der Waals surface area contributed by atoms with Gasteiger partial charge in [0, 0.05) is 34.6 Å². The van der Waals surface area contributed by atoms with E-state index in [-0.39, 0.29) is 0 Å². The maximum absolute atomic E-state index is 9.35. The molecule has 0 fully saturated rings. The molecule has 0 atom stereocenters. The summed E-state index contributed by atoms with van der Waals surface area (Å²) < 4.78 is 0. The average Bonchev–Trinajstić information content (AvgIpc) is 3.07. The van der Waals surface area contributed by atoms with Gasteiger partial charge < -0.3 is 0 Å². The van der Waals surface area contributed by atoms with E-state index in [0.717, 1.165) is 44.6 Å². The molecule has 194 valence electrons. The first-order chi connectivity index (χ1) is 20.8. The van der Waals surface area contributed by atoms with Gasteiger partial charge in [0.25, 0.3) is 0 Å². The molecule has 0 spiro atoms. The van der Waals surface area contributed by atoms with Crippen molar-refractivity contribution in [1.29, 1.82) is 5.26 Å². The summed E-state index contributed by atoms with van der Waals surface area (Å²) in [6, 6.07) is 43.7. The molecular formula is C38H22N4. The van der Waals surface area contributed by atoms with Gasteiger partial charge in [0.05, 0.1) is 23.0 Å². The van der Waals surface area contributed by atoms with Crippen LogP contribution in [0.5, 0.6) is 0 Å². The van der Waals surface area contributed by atoms with Crippen LogP contribution in [-0.4, -0.2) is 15.0 Å². The molecule has 0 bridgehead atoms. The van der Waals surface area contributed by atoms with Crippen LogP contribution < -0.4 is 0 Å². The summed E-state index contributed by atoms with van der Waals surface area (Å²) in [6.07, 6.45) is 3.66. The highest BCUT2D eigenvalue weighted by molar-refractivity contribution is 6.25. The molecule has 4 nitrogen and oxygen atoms in total. The van der Waals surface area contributed by atoms with E-state index in [2.05, 4.69) is 89.9 Å². The number of benzene rings is 6. The minimum absolute atomic E-state index is 0.601. The lowest BCUT2D eigenvalue weighted by Gasteiger charge is -2.16. The van der Waals surface area contributed by atoms with Crippen LogP contribution in [0.4, 0.5) is 0 Å². The molecule has 2 aromatic heterocycles. The van der Waals surface area contributed by atoms with E-state index in [4.69, 9.17) is 9.97 Å². The highest BCUT2D eigenvalue weighted by atomic mass is 14.9. The van der Waals surface area contributed by atoms with E-state index in [9.17, 15) is 5.26 Å². The highest BCUT2D eigenvalue weighted by Crippen LogP contribution is 2.40. The smallest absolute Gasteiger partial charge is 0.160 e. The Kier molecular flexibility index (Phi) is 5.48. The van der Waals surface area contributed by atoms with Crippen LogP contribution in [0.15, 0.2) is 134 Å². The van der Waals surface area contributed by atoms with Gasteiger partial charge in [-0.2, -0.15) is 5.26 Å². The zero-order chi connectivity index (χ0) is 28.0. The van der Waals surface area contributed by atoms with Crippen molar-refractivity contribution in [1.82, 2.24) is 15.0 Å². The number of aromatic nitrogens is 3. The van der Waals surface area contributed by atoms with Crippen molar-refractivity contribution in [2.24, 2.45) is 0 Å². The lowest BCUT2D eigenvalue weighted by Crippen LogP contribution is -1.98. The molecule has 0 aliphatic rings. The van der Waals surface area contributed by atoms with Gasteiger partial charge in [0.15, 0.2) is 5.82 Å². The second-order valence-electron chi connectivity index (χ2n) is 10.4. The van der Waals surface area contributed by atoms with Crippen molar-refractivity contribution < 1.29 is 0 Å². The molecule has 0 amide bonds. The van der Waals surface area contributed by atoms with E-state index in [1.807, 2.05) is 48.7 Å². The molecule has 42 heavy (non-hydrogen) atoms. The van der Waals surface area contributed by atoms with Gasteiger partial charge in [-0.3, -0.25) is 4.98 Å². The molecule has 0 saturated carbocycles. The normalized spacial score (nSPS) is 11.3. The second-order valence-corrected chi connectivity index (χ2v) is 10.4. The van der Waals surface area contributed by atoms with Crippen molar-refractivity contribution in [3.63, 3.8) is 0 Å². The first-order valence-corrected chi connectivity index (χ1v) is 13.8. The topological polar surface area (TPSA) is 62.5 Å². The van der Waals surface area contributed by atoms with Gasteiger partial charge in [0.2, 0.25) is 0 Å². The molecule has 0 aliphatic heterocycles. The summed E-state index contributed by atoms with van der Waals surface area (Å²) >= 11 is 0. The van der Waals surface area contributed by atoms with E-state index >= 15 is 0 Å². The van der Waals surface area contributed by atoms with Crippen molar-refractivity contribution in [2.45, 2.75) is 0 Å². The van der Waals surface area contributed by atoms with E-state index in [0.29, 0.717) is 11.4 Å². The summed E-state index contributed by atoms with van der Waals surface area (Å²) in [5.74, 6) is 0.610. The Morgan fingerprint density at radius 3 is 1.95 bits per heavy atom. The Hall–Kier alpha value is -5.92. The third-order valence-electron chi connectivity index (χ3n) is 7.98. The Morgan fingerprint density at radius 1 is 0.524 bits per heavy atom. The van der Waals surface area contributed by atoms with Crippen LogP contribution in [0.1, 0.15) is 5.56 Å². The second kappa shape index (κ2) is 9.62. The largest absolute Gasteiger partial charge is 0.264 e. The lowest BCUT2D eigenvalue weighted by molar-refractivity contribution is 1.18. The zero-order valence-corrected chi connectivity index (χ0v) is 22.5. The van der Waals surface area contributed by atoms with Crippen molar-refractivity contribution in [2.75, 3.05) is 0 Å². The average molecular weight is 535 g/mol. The Morgan fingerprint density at radius 2 is 1.21 bits per heavy atom. The number of pyridine rings is 1. The number of rotatable bonds is 4. The monoisotopic (exact) mass is 534 g/mol. The maximum atomic E-state index is 9.35. The van der Waals surface area contributed by atoms with Gasteiger partial charge in [-0.25, -0.2) is 9.97 Å². The molecular weight excluding hydrogens is 512 g/mol. The van der Waals surface area contributed by atoms with E-state index in [1.54, 1.807) is 6.20 Å². The molecule has 8 rings (SSSR count). The lowest BCUT2D eigenvalue weighted by atomic mass is 9.90. The minimum atomic E-state index is 0.601. The molecule has 4 heteroatoms. The van der Waals surface area contributed by atoms with E-state index < -0.39 is 0 Å². The summed E-state index contributed by atoms with van der Waals surface area (Å²) in [5.41, 5.74) is 7.26. The van der Waals surface area contributed by atoms with Gasteiger partial charge >= 0.3 is 0 Å². The number of hydrogen-bond donors (Lipinski definition) is 0. The molecule has 0 saturated heterocycles. The maximum Gasteiger partial charge on any atom is 0.160 e. The zero-order valence-electron chi connectivity index (χ0n) is 22.5. The van der Waals surface area contributed by atoms with Gasteiger partial charge in [-0.15, -0.1) is 0 Å². The summed E-state index contributed by atoms with van der Waals surface area (Å²) in [6.45, 7) is 0. The fourth-order valence-electron chi connectivity index (χ4n) is 5.99. The molecule has 2 heterocycles. The SMILES string of the molecule is N#Cc1ccc(-c2nc(-c3ccccc3-c3cccnc3)cc(-c3ccc4ccc5cccc6ccc3c4c56)n2)cc1. The highest BCUT2D eigenvalue weighted by Gasteiger charge is 2.17. The first-order valence-electron chi connectivity index (χ1n) is 13.8. The number of nitriles is 1. The number of nitrogens with zero attached hydrogens (tertiary/aromatic N) is 4. The predicted octanol–water partition coefficient (Wildman–Crippen LogP) is 9.31. The Balaban J connectivity index is 1.41. The van der Waals surface area contributed by atoms with Crippen LogP contribution in [0.3, 0.4) is 0 Å². The third kappa shape index (κ3) is 3.88. The minimum Gasteiger partial charge on any atom is -0.264 e. The van der Waals surface area contributed by atoms with Crippen molar-refractivity contribution in [3.8, 4) is 51.1 Å². The Bertz CT molecular complexity index is 2280. The first kappa shape index (κ1) is 23.9. The van der Waals surface area contributed by atoms with Crippen LogP contribution in [0.2, 0.25) is 0 Å². The summed E-state index contributed by atoms with van der Waals surface area (Å²) in [7, 11) is 0. The van der Waals surface area contributed by atoms with Crippen LogP contribution in [0.25, 0.3) is 77.3 Å².